The van der Waals surface area contributed by atoms with Crippen LogP contribution in [0.15, 0.2) is 54.6 Å². The van der Waals surface area contributed by atoms with Crippen LogP contribution in [0.25, 0.3) is 0 Å². The predicted octanol–water partition coefficient (Wildman–Crippen LogP) is 5.40. The molecule has 0 saturated carbocycles. The van der Waals surface area contributed by atoms with Crippen LogP contribution in [0.5, 0.6) is 0 Å². The van der Waals surface area contributed by atoms with Gasteiger partial charge in [-0.15, -0.1) is 11.8 Å². The van der Waals surface area contributed by atoms with Gasteiger partial charge in [0.25, 0.3) is 5.91 Å². The first-order valence-electron chi connectivity index (χ1n) is 11.0. The van der Waals surface area contributed by atoms with E-state index in [-0.39, 0.29) is 28.6 Å². The fraction of sp³-hybridized carbons (Fsp3) is 0.462. The average molecular weight is 439 g/mol. The Bertz CT molecular complexity index is 903. The van der Waals surface area contributed by atoms with Gasteiger partial charge in [-0.2, -0.15) is 0 Å². The van der Waals surface area contributed by atoms with E-state index in [1.54, 1.807) is 16.7 Å². The lowest BCUT2D eigenvalue weighted by atomic mass is 9.86. The smallest absolute Gasteiger partial charge is 0.255 e. The van der Waals surface area contributed by atoms with E-state index in [0.717, 1.165) is 5.56 Å². The molecule has 0 radical (unpaired) electrons. The summed E-state index contributed by atoms with van der Waals surface area (Å²) in [5.41, 5.74) is 2.97. The Balaban J connectivity index is 1.93. The molecular formula is C26H34N2O2S. The van der Waals surface area contributed by atoms with Crippen LogP contribution < -0.4 is 5.32 Å². The molecule has 31 heavy (non-hydrogen) atoms. The van der Waals surface area contributed by atoms with Crippen molar-refractivity contribution in [3.05, 3.63) is 71.3 Å². The number of carbonyl (C=O) groups is 2. The zero-order chi connectivity index (χ0) is 22.8. The number of amides is 2. The van der Waals surface area contributed by atoms with Crippen LogP contribution in [0, 0.1) is 5.92 Å². The number of thioether (sulfide) groups is 1. The largest absolute Gasteiger partial charge is 0.352 e. The fourth-order valence-corrected chi connectivity index (χ4v) is 5.01. The molecule has 3 rings (SSSR count). The molecule has 1 heterocycles. The number of carbonyl (C=O) groups excluding carboxylic acids is 2. The lowest BCUT2D eigenvalue weighted by Gasteiger charge is -2.31. The molecule has 4 nitrogen and oxygen atoms in total. The van der Waals surface area contributed by atoms with Gasteiger partial charge < -0.3 is 10.2 Å². The summed E-state index contributed by atoms with van der Waals surface area (Å²) >= 11 is 1.66. The first-order chi connectivity index (χ1) is 14.6. The molecule has 166 valence electrons. The molecule has 0 bridgehead atoms. The summed E-state index contributed by atoms with van der Waals surface area (Å²) in [5, 5.41) is 2.92. The van der Waals surface area contributed by atoms with E-state index in [9.17, 15) is 9.59 Å². The number of rotatable bonds is 5. The Morgan fingerprint density at radius 1 is 1.00 bits per heavy atom. The molecule has 0 aromatic heterocycles. The third kappa shape index (κ3) is 5.32. The molecule has 1 fully saturated rings. The summed E-state index contributed by atoms with van der Waals surface area (Å²) < 4.78 is 0. The second kappa shape index (κ2) is 9.47. The van der Waals surface area contributed by atoms with Crippen LogP contribution in [0.1, 0.15) is 68.4 Å². The molecule has 3 atom stereocenters. The van der Waals surface area contributed by atoms with Crippen LogP contribution in [-0.4, -0.2) is 34.6 Å². The highest BCUT2D eigenvalue weighted by Crippen LogP contribution is 2.42. The maximum Gasteiger partial charge on any atom is 0.255 e. The van der Waals surface area contributed by atoms with E-state index in [4.69, 9.17) is 0 Å². The third-order valence-electron chi connectivity index (χ3n) is 5.99. The molecule has 5 heteroatoms. The Morgan fingerprint density at radius 3 is 2.16 bits per heavy atom. The van der Waals surface area contributed by atoms with E-state index < -0.39 is 6.04 Å². The number of nitrogens with zero attached hydrogens (tertiary/aromatic N) is 1. The van der Waals surface area contributed by atoms with E-state index in [1.165, 1.54) is 5.56 Å². The van der Waals surface area contributed by atoms with Crippen molar-refractivity contribution in [1.82, 2.24) is 10.2 Å². The van der Waals surface area contributed by atoms with Crippen molar-refractivity contribution in [2.75, 3.05) is 5.75 Å². The molecule has 1 aliphatic heterocycles. The van der Waals surface area contributed by atoms with Crippen LogP contribution >= 0.6 is 11.8 Å². The van der Waals surface area contributed by atoms with Gasteiger partial charge in [0.05, 0.1) is 0 Å². The quantitative estimate of drug-likeness (QED) is 0.680. The highest BCUT2D eigenvalue weighted by Gasteiger charge is 2.43. The first-order valence-corrected chi connectivity index (χ1v) is 12.0. The van der Waals surface area contributed by atoms with E-state index in [0.29, 0.717) is 17.2 Å². The van der Waals surface area contributed by atoms with Crippen molar-refractivity contribution in [3.63, 3.8) is 0 Å². The van der Waals surface area contributed by atoms with Gasteiger partial charge in [0.15, 0.2) is 0 Å². The molecule has 3 unspecified atom stereocenters. The van der Waals surface area contributed by atoms with Gasteiger partial charge in [-0.1, -0.05) is 77.1 Å². The summed E-state index contributed by atoms with van der Waals surface area (Å²) in [6.45, 7) is 12.7. The minimum atomic E-state index is -0.494. The van der Waals surface area contributed by atoms with E-state index in [2.05, 4.69) is 64.2 Å². The van der Waals surface area contributed by atoms with Gasteiger partial charge in [-0.3, -0.25) is 9.59 Å². The fourth-order valence-electron chi connectivity index (χ4n) is 3.58. The van der Waals surface area contributed by atoms with Crippen molar-refractivity contribution < 1.29 is 9.59 Å². The minimum Gasteiger partial charge on any atom is -0.352 e. The molecule has 2 aromatic carbocycles. The zero-order valence-corrected chi connectivity index (χ0v) is 20.2. The number of hydrogen-bond donors (Lipinski definition) is 1. The normalized spacial score (nSPS) is 20.0. The second-order valence-electron chi connectivity index (χ2n) is 9.69. The Hall–Kier alpha value is -2.27. The first kappa shape index (κ1) is 23.4. The summed E-state index contributed by atoms with van der Waals surface area (Å²) in [6.07, 6.45) is 0. The molecular weight excluding hydrogens is 404 g/mol. The molecule has 0 aliphatic carbocycles. The summed E-state index contributed by atoms with van der Waals surface area (Å²) in [5.74, 6) is 0.734. The molecule has 1 saturated heterocycles. The van der Waals surface area contributed by atoms with Gasteiger partial charge in [0.2, 0.25) is 5.91 Å². The highest BCUT2D eigenvalue weighted by molar-refractivity contribution is 7.99. The van der Waals surface area contributed by atoms with Gasteiger partial charge >= 0.3 is 0 Å². The molecule has 1 aliphatic rings. The van der Waals surface area contributed by atoms with Crippen molar-refractivity contribution in [1.29, 1.82) is 0 Å². The Labute approximate surface area is 190 Å². The summed E-state index contributed by atoms with van der Waals surface area (Å²) in [7, 11) is 0. The SMILES string of the molecule is CC(C)C(C)NC(=O)C1CSC(c2ccc(C(C)(C)C)cc2)N1C(=O)c1ccccc1. The number of nitrogens with one attached hydrogen (secondary N) is 1. The van der Waals surface area contributed by atoms with E-state index in [1.807, 2.05) is 37.3 Å². The van der Waals surface area contributed by atoms with Gasteiger partial charge in [0, 0.05) is 17.4 Å². The Kier molecular flexibility index (Phi) is 7.15. The lowest BCUT2D eigenvalue weighted by Crippen LogP contribution is -2.50. The summed E-state index contributed by atoms with van der Waals surface area (Å²) in [6, 6.07) is 17.3. The number of benzene rings is 2. The van der Waals surface area contributed by atoms with Crippen molar-refractivity contribution in [2.45, 2.75) is 64.4 Å². The molecule has 1 N–H and O–H groups in total. The van der Waals surface area contributed by atoms with Crippen molar-refractivity contribution in [3.8, 4) is 0 Å². The monoisotopic (exact) mass is 438 g/mol. The minimum absolute atomic E-state index is 0.0521. The van der Waals surface area contributed by atoms with Gasteiger partial charge in [-0.05, 0) is 41.5 Å². The van der Waals surface area contributed by atoms with Crippen molar-refractivity contribution in [2.24, 2.45) is 5.92 Å². The molecule has 2 aromatic rings. The van der Waals surface area contributed by atoms with Gasteiger partial charge in [-0.25, -0.2) is 0 Å². The second-order valence-corrected chi connectivity index (χ2v) is 10.8. The van der Waals surface area contributed by atoms with Crippen LogP contribution in [0.2, 0.25) is 0 Å². The van der Waals surface area contributed by atoms with Crippen molar-refractivity contribution >= 4 is 23.6 Å². The van der Waals surface area contributed by atoms with Crippen LogP contribution in [0.4, 0.5) is 0 Å². The highest BCUT2D eigenvalue weighted by atomic mass is 32.2. The van der Waals surface area contributed by atoms with Crippen LogP contribution in [0.3, 0.4) is 0 Å². The molecule has 0 spiro atoms. The topological polar surface area (TPSA) is 49.4 Å². The third-order valence-corrected chi connectivity index (χ3v) is 7.31. The standard InChI is InChI=1S/C26H34N2O2S/c1-17(2)18(3)27-23(29)22-16-31-25(20-12-14-21(15-13-20)26(4,5)6)28(22)24(30)19-10-8-7-9-11-19/h7-15,17-18,22,25H,16H2,1-6H3,(H,27,29). The predicted molar refractivity (Wildman–Crippen MR) is 129 cm³/mol. The van der Waals surface area contributed by atoms with Crippen LogP contribution in [-0.2, 0) is 10.2 Å². The lowest BCUT2D eigenvalue weighted by molar-refractivity contribution is -0.125. The summed E-state index contributed by atoms with van der Waals surface area (Å²) in [4.78, 5) is 28.4. The number of hydrogen-bond acceptors (Lipinski definition) is 3. The maximum absolute atomic E-state index is 13.5. The zero-order valence-electron chi connectivity index (χ0n) is 19.4. The van der Waals surface area contributed by atoms with E-state index >= 15 is 0 Å². The van der Waals surface area contributed by atoms with Gasteiger partial charge in [0.1, 0.15) is 11.4 Å². The Morgan fingerprint density at radius 2 is 1.61 bits per heavy atom. The molecule has 2 amide bonds. The average Bonchev–Trinajstić information content (AvgIpc) is 3.18. The maximum atomic E-state index is 13.5.